The molecule has 0 amide bonds. The molecule has 2 heterocycles. The van der Waals surface area contributed by atoms with Crippen molar-refractivity contribution in [2.45, 2.75) is 19.4 Å². The van der Waals surface area contributed by atoms with E-state index in [0.29, 0.717) is 11.7 Å². The molecule has 2 rings (SSSR count). The average molecular weight is 192 g/mol. The van der Waals surface area contributed by atoms with Crippen molar-refractivity contribution < 1.29 is 4.52 Å². The van der Waals surface area contributed by atoms with Gasteiger partial charge in [0.15, 0.2) is 0 Å². The summed E-state index contributed by atoms with van der Waals surface area (Å²) in [5, 5.41) is 3.83. The molecule has 0 aromatic carbocycles. The summed E-state index contributed by atoms with van der Waals surface area (Å²) in [5.74, 6) is 1.03. The second-order valence-electron chi connectivity index (χ2n) is 3.05. The molecule has 3 N–H and O–H groups in total. The van der Waals surface area contributed by atoms with E-state index in [9.17, 15) is 0 Å². The van der Waals surface area contributed by atoms with Crippen molar-refractivity contribution in [3.8, 4) is 11.5 Å². The average Bonchev–Trinajstić information content (AvgIpc) is 2.86. The van der Waals surface area contributed by atoms with Crippen molar-refractivity contribution >= 4 is 0 Å². The fourth-order valence-electron chi connectivity index (χ4n) is 1.14. The van der Waals surface area contributed by atoms with Crippen LogP contribution >= 0.6 is 0 Å². The smallest absolute Gasteiger partial charge is 0.243 e. The van der Waals surface area contributed by atoms with E-state index in [-0.39, 0.29) is 6.04 Å². The van der Waals surface area contributed by atoms with Crippen molar-refractivity contribution in [2.75, 3.05) is 0 Å². The minimum absolute atomic E-state index is 0.175. The summed E-state index contributed by atoms with van der Waals surface area (Å²) in [4.78, 5) is 7.19. The molecule has 5 nitrogen and oxygen atoms in total. The third-order valence-corrected chi connectivity index (χ3v) is 2.04. The van der Waals surface area contributed by atoms with Crippen LogP contribution in [0.15, 0.2) is 22.9 Å². The van der Waals surface area contributed by atoms with E-state index in [1.807, 2.05) is 25.3 Å². The van der Waals surface area contributed by atoms with Crippen LogP contribution in [0.5, 0.6) is 0 Å². The lowest BCUT2D eigenvalue weighted by atomic mass is 10.2. The van der Waals surface area contributed by atoms with Crippen molar-refractivity contribution in [3.63, 3.8) is 0 Å². The van der Waals surface area contributed by atoms with Gasteiger partial charge in [-0.05, 0) is 18.6 Å². The highest BCUT2D eigenvalue weighted by Crippen LogP contribution is 2.16. The Hall–Kier alpha value is -1.62. The molecule has 0 radical (unpaired) electrons. The maximum absolute atomic E-state index is 5.75. The van der Waals surface area contributed by atoms with Gasteiger partial charge in [0.2, 0.25) is 11.7 Å². The van der Waals surface area contributed by atoms with Crippen molar-refractivity contribution in [2.24, 2.45) is 5.73 Å². The van der Waals surface area contributed by atoms with Crippen LogP contribution in [0.1, 0.15) is 25.3 Å². The molecule has 0 unspecified atom stereocenters. The Labute approximate surface area is 81.3 Å². The van der Waals surface area contributed by atoms with E-state index >= 15 is 0 Å². The minimum Gasteiger partial charge on any atom is -0.359 e. The highest BCUT2D eigenvalue weighted by atomic mass is 16.5. The van der Waals surface area contributed by atoms with Crippen molar-refractivity contribution in [3.05, 3.63) is 24.2 Å². The van der Waals surface area contributed by atoms with Gasteiger partial charge in [-0.1, -0.05) is 12.1 Å². The topological polar surface area (TPSA) is 80.7 Å². The number of nitrogens with one attached hydrogen (secondary N) is 1. The number of hydrogen-bond donors (Lipinski definition) is 2. The number of nitrogens with zero attached hydrogens (tertiary/aromatic N) is 2. The van der Waals surface area contributed by atoms with Gasteiger partial charge in [-0.3, -0.25) is 0 Å². The second kappa shape index (κ2) is 3.63. The summed E-state index contributed by atoms with van der Waals surface area (Å²) < 4.78 is 5.04. The summed E-state index contributed by atoms with van der Waals surface area (Å²) in [6.45, 7) is 1.98. The molecule has 0 aliphatic rings. The van der Waals surface area contributed by atoms with Gasteiger partial charge in [0.05, 0.1) is 11.7 Å². The first-order chi connectivity index (χ1) is 6.81. The van der Waals surface area contributed by atoms with Gasteiger partial charge in [0, 0.05) is 6.20 Å². The predicted molar refractivity (Wildman–Crippen MR) is 51.3 cm³/mol. The molecular weight excluding hydrogens is 180 g/mol. The minimum atomic E-state index is -0.175. The maximum atomic E-state index is 5.75. The highest BCUT2D eigenvalue weighted by molar-refractivity contribution is 5.47. The Morgan fingerprint density at radius 3 is 3.14 bits per heavy atom. The zero-order chi connectivity index (χ0) is 9.97. The molecule has 0 spiro atoms. The number of nitrogens with two attached hydrogens (primary N) is 1. The molecule has 5 heteroatoms. The fourth-order valence-corrected chi connectivity index (χ4v) is 1.14. The Kier molecular flexibility index (Phi) is 2.32. The SMILES string of the molecule is CC[C@@H](N)c1nc(-c2ccc[nH]2)no1. The molecule has 2 aromatic rings. The number of H-pyrrole nitrogens is 1. The molecule has 0 aliphatic heterocycles. The lowest BCUT2D eigenvalue weighted by molar-refractivity contribution is 0.352. The zero-order valence-corrected chi connectivity index (χ0v) is 7.90. The largest absolute Gasteiger partial charge is 0.359 e. The molecule has 0 saturated heterocycles. The standard InChI is InChI=1S/C9H12N4O/c1-2-6(10)9-12-8(13-14-9)7-4-3-5-11-7/h3-6,11H,2,10H2,1H3/t6-/m1/s1. The van der Waals surface area contributed by atoms with Gasteiger partial charge in [0.25, 0.3) is 0 Å². The predicted octanol–water partition coefficient (Wildman–Crippen LogP) is 1.47. The second-order valence-corrected chi connectivity index (χ2v) is 3.05. The van der Waals surface area contributed by atoms with Crippen LogP contribution in [0.4, 0.5) is 0 Å². The quantitative estimate of drug-likeness (QED) is 0.771. The van der Waals surface area contributed by atoms with Gasteiger partial charge < -0.3 is 15.2 Å². The first kappa shape index (κ1) is 8.96. The Bertz CT molecular complexity index is 393. The lowest BCUT2D eigenvalue weighted by Crippen LogP contribution is -2.08. The number of rotatable bonds is 3. The van der Waals surface area contributed by atoms with Crippen LogP contribution in [0.25, 0.3) is 11.5 Å². The van der Waals surface area contributed by atoms with E-state index in [1.165, 1.54) is 0 Å². The zero-order valence-electron chi connectivity index (χ0n) is 7.90. The molecule has 1 atom stereocenters. The van der Waals surface area contributed by atoms with Crippen molar-refractivity contribution in [1.82, 2.24) is 15.1 Å². The Morgan fingerprint density at radius 1 is 1.64 bits per heavy atom. The van der Waals surface area contributed by atoms with Crippen LogP contribution in [-0.2, 0) is 0 Å². The van der Waals surface area contributed by atoms with E-state index in [0.717, 1.165) is 12.1 Å². The molecule has 74 valence electrons. The Morgan fingerprint density at radius 2 is 2.50 bits per heavy atom. The molecule has 0 saturated carbocycles. The summed E-state index contributed by atoms with van der Waals surface area (Å²) in [6, 6.07) is 3.59. The number of hydrogen-bond acceptors (Lipinski definition) is 4. The van der Waals surface area contributed by atoms with Crippen LogP contribution in [0, 0.1) is 0 Å². The summed E-state index contributed by atoms with van der Waals surface area (Å²) >= 11 is 0. The van der Waals surface area contributed by atoms with E-state index in [2.05, 4.69) is 15.1 Å². The van der Waals surface area contributed by atoms with Crippen LogP contribution in [0.2, 0.25) is 0 Å². The summed E-state index contributed by atoms with van der Waals surface area (Å²) in [5.41, 5.74) is 6.59. The Balaban J connectivity index is 2.26. The molecule has 0 aliphatic carbocycles. The molecule has 0 bridgehead atoms. The molecular formula is C9H12N4O. The van der Waals surface area contributed by atoms with Crippen LogP contribution < -0.4 is 5.73 Å². The van der Waals surface area contributed by atoms with Gasteiger partial charge in [0.1, 0.15) is 0 Å². The van der Waals surface area contributed by atoms with Gasteiger partial charge in [-0.2, -0.15) is 4.98 Å². The lowest BCUT2D eigenvalue weighted by Gasteiger charge is -1.98. The maximum Gasteiger partial charge on any atom is 0.243 e. The first-order valence-electron chi connectivity index (χ1n) is 4.54. The molecule has 2 aromatic heterocycles. The van der Waals surface area contributed by atoms with Gasteiger partial charge in [-0.15, -0.1) is 0 Å². The monoisotopic (exact) mass is 192 g/mol. The van der Waals surface area contributed by atoms with Crippen LogP contribution in [-0.4, -0.2) is 15.1 Å². The number of aromatic nitrogens is 3. The fraction of sp³-hybridized carbons (Fsp3) is 0.333. The molecule has 14 heavy (non-hydrogen) atoms. The van der Waals surface area contributed by atoms with E-state index < -0.39 is 0 Å². The molecule has 0 fully saturated rings. The highest BCUT2D eigenvalue weighted by Gasteiger charge is 2.13. The normalized spacial score (nSPS) is 13.0. The first-order valence-corrected chi connectivity index (χ1v) is 4.54. The van der Waals surface area contributed by atoms with E-state index in [1.54, 1.807) is 0 Å². The van der Waals surface area contributed by atoms with E-state index in [4.69, 9.17) is 10.3 Å². The summed E-state index contributed by atoms with van der Waals surface area (Å²) in [6.07, 6.45) is 2.59. The van der Waals surface area contributed by atoms with Crippen LogP contribution in [0.3, 0.4) is 0 Å². The third-order valence-electron chi connectivity index (χ3n) is 2.04. The van der Waals surface area contributed by atoms with Gasteiger partial charge >= 0.3 is 0 Å². The van der Waals surface area contributed by atoms with Gasteiger partial charge in [-0.25, -0.2) is 0 Å². The van der Waals surface area contributed by atoms with Crippen molar-refractivity contribution in [1.29, 1.82) is 0 Å². The third kappa shape index (κ3) is 1.54. The number of aromatic amines is 1. The summed E-state index contributed by atoms with van der Waals surface area (Å²) in [7, 11) is 0.